The Labute approximate surface area is 192 Å². The topological polar surface area (TPSA) is 78.0 Å². The van der Waals surface area contributed by atoms with Crippen molar-refractivity contribution >= 4 is 41.5 Å². The third-order valence-corrected chi connectivity index (χ3v) is 4.81. The SMILES string of the molecule is CCCN1CCC(NC(=NCc2ccc(OC)c(NC(C)=O)c2)NCC)CC1.I. The summed E-state index contributed by atoms with van der Waals surface area (Å²) in [6, 6.07) is 6.20. The maximum absolute atomic E-state index is 11.4. The van der Waals surface area contributed by atoms with Crippen molar-refractivity contribution in [3.63, 3.8) is 0 Å². The second-order valence-electron chi connectivity index (χ2n) is 7.17. The molecule has 1 aromatic rings. The highest BCUT2D eigenvalue weighted by Crippen LogP contribution is 2.25. The van der Waals surface area contributed by atoms with E-state index >= 15 is 0 Å². The van der Waals surface area contributed by atoms with Crippen LogP contribution in [0.5, 0.6) is 5.75 Å². The van der Waals surface area contributed by atoms with Gasteiger partial charge in [-0.05, 0) is 50.4 Å². The van der Waals surface area contributed by atoms with Crippen LogP contribution in [-0.2, 0) is 11.3 Å². The summed E-state index contributed by atoms with van der Waals surface area (Å²) < 4.78 is 5.31. The minimum absolute atomic E-state index is 0. The summed E-state index contributed by atoms with van der Waals surface area (Å²) in [6.07, 6.45) is 3.49. The Hall–Kier alpha value is -1.55. The van der Waals surface area contributed by atoms with Crippen LogP contribution < -0.4 is 20.7 Å². The highest BCUT2D eigenvalue weighted by Gasteiger charge is 2.19. The first-order valence-electron chi connectivity index (χ1n) is 10.3. The highest BCUT2D eigenvalue weighted by atomic mass is 127. The van der Waals surface area contributed by atoms with Gasteiger partial charge in [-0.2, -0.15) is 0 Å². The zero-order chi connectivity index (χ0) is 20.4. The smallest absolute Gasteiger partial charge is 0.221 e. The van der Waals surface area contributed by atoms with Gasteiger partial charge in [-0.1, -0.05) is 13.0 Å². The number of guanidine groups is 1. The number of aliphatic imine (C=N–C) groups is 1. The molecule has 0 radical (unpaired) electrons. The molecule has 1 fully saturated rings. The van der Waals surface area contributed by atoms with Gasteiger partial charge in [0.25, 0.3) is 0 Å². The van der Waals surface area contributed by atoms with Gasteiger partial charge in [0.05, 0.1) is 19.3 Å². The predicted molar refractivity (Wildman–Crippen MR) is 130 cm³/mol. The Morgan fingerprint density at radius 2 is 2.00 bits per heavy atom. The van der Waals surface area contributed by atoms with Crippen molar-refractivity contribution in [3.05, 3.63) is 23.8 Å². The molecule has 3 N–H and O–H groups in total. The molecule has 0 atom stereocenters. The summed E-state index contributed by atoms with van der Waals surface area (Å²) in [5.41, 5.74) is 1.68. The third kappa shape index (κ3) is 8.77. The lowest BCUT2D eigenvalue weighted by Crippen LogP contribution is -2.48. The van der Waals surface area contributed by atoms with Crippen LogP contribution in [0.3, 0.4) is 0 Å². The summed E-state index contributed by atoms with van der Waals surface area (Å²) in [5, 5.41) is 9.72. The van der Waals surface area contributed by atoms with E-state index in [1.165, 1.54) is 19.9 Å². The van der Waals surface area contributed by atoms with Gasteiger partial charge in [0.1, 0.15) is 5.75 Å². The van der Waals surface area contributed by atoms with Crippen LogP contribution in [-0.4, -0.2) is 56.1 Å². The molecule has 29 heavy (non-hydrogen) atoms. The third-order valence-electron chi connectivity index (χ3n) is 4.81. The quantitative estimate of drug-likeness (QED) is 0.281. The molecule has 7 nitrogen and oxygen atoms in total. The van der Waals surface area contributed by atoms with Crippen molar-refractivity contribution in [1.82, 2.24) is 15.5 Å². The van der Waals surface area contributed by atoms with E-state index in [-0.39, 0.29) is 29.9 Å². The van der Waals surface area contributed by atoms with Crippen LogP contribution in [0.4, 0.5) is 5.69 Å². The number of carbonyl (C=O) groups is 1. The molecule has 0 aromatic heterocycles. The maximum atomic E-state index is 11.4. The van der Waals surface area contributed by atoms with E-state index in [2.05, 4.69) is 34.7 Å². The standard InChI is InChI=1S/C21H35N5O2.HI/c1-5-11-26-12-9-18(10-13-26)25-21(22-6-2)23-15-17-7-8-20(28-4)19(14-17)24-16(3)27;/h7-8,14,18H,5-6,9-13,15H2,1-4H3,(H,24,27)(H2,22,23,25);1H. The summed E-state index contributed by atoms with van der Waals surface area (Å²) in [5.74, 6) is 1.36. The number of hydrogen-bond donors (Lipinski definition) is 3. The van der Waals surface area contributed by atoms with Crippen molar-refractivity contribution in [2.75, 3.05) is 38.6 Å². The number of benzene rings is 1. The summed E-state index contributed by atoms with van der Waals surface area (Å²) >= 11 is 0. The largest absolute Gasteiger partial charge is 0.495 e. The van der Waals surface area contributed by atoms with Gasteiger partial charge in [0.15, 0.2) is 5.96 Å². The zero-order valence-electron chi connectivity index (χ0n) is 18.1. The molecular weight excluding hydrogens is 481 g/mol. The summed E-state index contributed by atoms with van der Waals surface area (Å²) in [7, 11) is 1.59. The molecule has 0 aliphatic carbocycles. The Bertz CT molecular complexity index is 660. The number of methoxy groups -OCH3 is 1. The number of hydrogen-bond acceptors (Lipinski definition) is 4. The number of ether oxygens (including phenoxy) is 1. The Kier molecular flexibility index (Phi) is 12.0. The fourth-order valence-corrected chi connectivity index (χ4v) is 3.44. The van der Waals surface area contributed by atoms with E-state index in [0.717, 1.165) is 44.0 Å². The number of nitrogens with one attached hydrogen (secondary N) is 3. The first kappa shape index (κ1) is 25.5. The molecule has 0 spiro atoms. The van der Waals surface area contributed by atoms with E-state index in [4.69, 9.17) is 9.73 Å². The second-order valence-corrected chi connectivity index (χ2v) is 7.17. The monoisotopic (exact) mass is 517 g/mol. The Morgan fingerprint density at radius 3 is 2.59 bits per heavy atom. The lowest BCUT2D eigenvalue weighted by Gasteiger charge is -2.32. The average molecular weight is 517 g/mol. The number of halogens is 1. The van der Waals surface area contributed by atoms with Crippen LogP contribution in [0.2, 0.25) is 0 Å². The van der Waals surface area contributed by atoms with Gasteiger partial charge < -0.3 is 25.6 Å². The fraction of sp³-hybridized carbons (Fsp3) is 0.619. The van der Waals surface area contributed by atoms with Crippen LogP contribution in [0.1, 0.15) is 45.6 Å². The zero-order valence-corrected chi connectivity index (χ0v) is 20.4. The number of amides is 1. The molecule has 1 aliphatic rings. The minimum atomic E-state index is -0.122. The van der Waals surface area contributed by atoms with Gasteiger partial charge in [-0.25, -0.2) is 4.99 Å². The number of carbonyl (C=O) groups excluding carboxylic acids is 1. The van der Waals surface area contributed by atoms with Gasteiger partial charge in [0.2, 0.25) is 5.91 Å². The van der Waals surface area contributed by atoms with Crippen LogP contribution in [0, 0.1) is 0 Å². The lowest BCUT2D eigenvalue weighted by molar-refractivity contribution is -0.114. The minimum Gasteiger partial charge on any atom is -0.495 e. The molecule has 164 valence electrons. The normalized spacial score (nSPS) is 15.4. The molecule has 0 bridgehead atoms. The molecular formula is C21H36IN5O2. The lowest BCUT2D eigenvalue weighted by atomic mass is 10.1. The average Bonchev–Trinajstić information content (AvgIpc) is 2.68. The number of nitrogens with zero attached hydrogens (tertiary/aromatic N) is 2. The van der Waals surface area contributed by atoms with Crippen LogP contribution in [0.15, 0.2) is 23.2 Å². The van der Waals surface area contributed by atoms with Crippen molar-refractivity contribution in [2.24, 2.45) is 4.99 Å². The van der Waals surface area contributed by atoms with Crippen LogP contribution in [0.25, 0.3) is 0 Å². The van der Waals surface area contributed by atoms with E-state index in [1.807, 2.05) is 18.2 Å². The predicted octanol–water partition coefficient (Wildman–Crippen LogP) is 3.20. The number of anilines is 1. The highest BCUT2D eigenvalue weighted by molar-refractivity contribution is 14.0. The number of likely N-dealkylation sites (tertiary alicyclic amines) is 1. The van der Waals surface area contributed by atoms with Crippen molar-refractivity contribution < 1.29 is 9.53 Å². The summed E-state index contributed by atoms with van der Waals surface area (Å²) in [4.78, 5) is 18.7. The summed E-state index contributed by atoms with van der Waals surface area (Å²) in [6.45, 7) is 10.6. The molecule has 8 heteroatoms. The Balaban J connectivity index is 0.00000420. The molecule has 0 saturated carbocycles. The molecule has 1 saturated heterocycles. The fourth-order valence-electron chi connectivity index (χ4n) is 3.44. The second kappa shape index (κ2) is 13.6. The number of rotatable bonds is 8. The van der Waals surface area contributed by atoms with E-state index in [1.54, 1.807) is 7.11 Å². The maximum Gasteiger partial charge on any atom is 0.221 e. The first-order valence-corrected chi connectivity index (χ1v) is 10.3. The Morgan fingerprint density at radius 1 is 1.28 bits per heavy atom. The molecule has 1 heterocycles. The first-order chi connectivity index (χ1) is 13.5. The molecule has 1 amide bonds. The van der Waals surface area contributed by atoms with E-state index < -0.39 is 0 Å². The van der Waals surface area contributed by atoms with Crippen molar-refractivity contribution in [2.45, 2.75) is 52.6 Å². The molecule has 0 unspecified atom stereocenters. The molecule has 1 aromatic carbocycles. The van der Waals surface area contributed by atoms with E-state index in [0.29, 0.717) is 24.0 Å². The van der Waals surface area contributed by atoms with Gasteiger partial charge in [-0.3, -0.25) is 4.79 Å². The van der Waals surface area contributed by atoms with E-state index in [9.17, 15) is 4.79 Å². The van der Waals surface area contributed by atoms with Crippen molar-refractivity contribution in [1.29, 1.82) is 0 Å². The van der Waals surface area contributed by atoms with Gasteiger partial charge in [0, 0.05) is 32.6 Å². The van der Waals surface area contributed by atoms with Crippen molar-refractivity contribution in [3.8, 4) is 5.75 Å². The van der Waals surface area contributed by atoms with Gasteiger partial charge >= 0.3 is 0 Å². The van der Waals surface area contributed by atoms with Crippen LogP contribution >= 0.6 is 24.0 Å². The molecule has 1 aliphatic heterocycles. The molecule has 2 rings (SSSR count). The van der Waals surface area contributed by atoms with Gasteiger partial charge in [-0.15, -0.1) is 24.0 Å². The number of piperidine rings is 1.